The summed E-state index contributed by atoms with van der Waals surface area (Å²) in [7, 11) is -4.46. The van der Waals surface area contributed by atoms with Gasteiger partial charge in [0.05, 0.1) is 24.9 Å². The summed E-state index contributed by atoms with van der Waals surface area (Å²) in [5.74, 6) is -3.17. The summed E-state index contributed by atoms with van der Waals surface area (Å²) in [6, 6.07) is 4.20. The largest absolute Gasteiger partial charge is 0.494 e. The van der Waals surface area contributed by atoms with Gasteiger partial charge in [-0.1, -0.05) is 26.0 Å². The molecule has 1 aromatic carbocycles. The van der Waals surface area contributed by atoms with Crippen molar-refractivity contribution in [3.8, 4) is 11.5 Å². The molecule has 1 aromatic heterocycles. The van der Waals surface area contributed by atoms with Gasteiger partial charge in [0.15, 0.2) is 0 Å². The van der Waals surface area contributed by atoms with Crippen LogP contribution in [0.2, 0.25) is 0 Å². The normalized spacial score (nSPS) is 29.1. The molecule has 2 aliphatic heterocycles. The van der Waals surface area contributed by atoms with E-state index in [1.807, 2.05) is 24.6 Å². The van der Waals surface area contributed by atoms with Gasteiger partial charge >= 0.3 is 12.3 Å². The van der Waals surface area contributed by atoms with Crippen molar-refractivity contribution in [1.29, 1.82) is 0 Å². The van der Waals surface area contributed by atoms with Crippen LogP contribution in [0.25, 0.3) is 10.9 Å². The third-order valence-electron chi connectivity index (χ3n) is 11.8. The highest BCUT2D eigenvalue weighted by Gasteiger charge is 2.64. The molecule has 3 fully saturated rings. The van der Waals surface area contributed by atoms with E-state index < -0.39 is 92.6 Å². The molecule has 3 heterocycles. The number of carbonyl (C=O) groups is 4. The predicted octanol–water partition coefficient (Wildman–Crippen LogP) is 5.25. The molecule has 3 N–H and O–H groups in total. The SMILES string of the molecule is CCOc1ccc2ncc(O[C@@H]3C[C@H]4C(=O)N[C@]5(C(=O)NS(=O)(=O)C6(CF)CC6)C[C@H]5/C=C\CC[C@@H](C)C[C@@H](C)[C@H](NC(=O)OC(C)(C)C(F)(F)F)C(=O)N4C3)cc2c1. The third-order valence-corrected chi connectivity index (χ3v) is 13.9. The van der Waals surface area contributed by atoms with Crippen LogP contribution in [0.4, 0.5) is 22.4 Å². The van der Waals surface area contributed by atoms with Crippen LogP contribution < -0.4 is 24.8 Å². The summed E-state index contributed by atoms with van der Waals surface area (Å²) in [6.07, 6.45) is -0.933. The lowest BCUT2D eigenvalue weighted by Crippen LogP contribution is -2.60. The first-order chi connectivity index (χ1) is 27.6. The molecule has 2 saturated carbocycles. The Morgan fingerprint density at radius 1 is 1.08 bits per heavy atom. The fraction of sp³-hybridized carbons (Fsp3) is 0.625. The van der Waals surface area contributed by atoms with Gasteiger partial charge in [0.1, 0.15) is 46.6 Å². The fourth-order valence-corrected chi connectivity index (χ4v) is 9.23. The van der Waals surface area contributed by atoms with Crippen molar-refractivity contribution in [2.45, 2.75) is 120 Å². The average molecular weight is 854 g/mol. The Bertz CT molecular complexity index is 2100. The lowest BCUT2D eigenvalue weighted by Gasteiger charge is -2.34. The van der Waals surface area contributed by atoms with Crippen molar-refractivity contribution in [3.63, 3.8) is 0 Å². The molecule has 7 atom stereocenters. The lowest BCUT2D eigenvalue weighted by atomic mass is 9.88. The van der Waals surface area contributed by atoms with Crippen molar-refractivity contribution < 1.29 is 59.4 Å². The number of hydrogen-bond acceptors (Lipinski definition) is 10. The van der Waals surface area contributed by atoms with Gasteiger partial charge in [0.25, 0.3) is 5.91 Å². The molecule has 59 heavy (non-hydrogen) atoms. The number of alkyl carbamates (subject to hydrolysis) is 1. The quantitative estimate of drug-likeness (QED) is 0.211. The number of aromatic nitrogens is 1. The molecule has 14 nitrogen and oxygen atoms in total. The zero-order chi connectivity index (χ0) is 43.1. The Labute approximate surface area is 340 Å². The van der Waals surface area contributed by atoms with E-state index in [9.17, 15) is 45.2 Å². The minimum Gasteiger partial charge on any atom is -0.494 e. The number of alkyl halides is 4. The van der Waals surface area contributed by atoms with Crippen LogP contribution in [0.5, 0.6) is 11.5 Å². The smallest absolute Gasteiger partial charge is 0.427 e. The molecule has 4 aliphatic rings. The van der Waals surface area contributed by atoms with Crippen molar-refractivity contribution in [2.75, 3.05) is 19.8 Å². The predicted molar refractivity (Wildman–Crippen MR) is 206 cm³/mol. The highest BCUT2D eigenvalue weighted by Crippen LogP contribution is 2.48. The number of carbonyl (C=O) groups excluding carboxylic acids is 4. The minimum atomic E-state index is -4.93. The van der Waals surface area contributed by atoms with Crippen LogP contribution >= 0.6 is 0 Å². The van der Waals surface area contributed by atoms with Gasteiger partial charge in [-0.05, 0) is 95.4 Å². The molecular weight excluding hydrogens is 803 g/mol. The number of rotatable bonds is 10. The second-order valence-corrected chi connectivity index (χ2v) is 18.9. The Morgan fingerprint density at radius 3 is 2.46 bits per heavy atom. The van der Waals surface area contributed by atoms with Crippen LogP contribution in [-0.2, 0) is 29.1 Å². The highest BCUT2D eigenvalue weighted by atomic mass is 32.2. The van der Waals surface area contributed by atoms with Crippen molar-refractivity contribution in [2.24, 2.45) is 17.8 Å². The fourth-order valence-electron chi connectivity index (χ4n) is 7.80. The summed E-state index contributed by atoms with van der Waals surface area (Å²) >= 11 is 0. The molecule has 0 radical (unpaired) electrons. The average Bonchev–Trinajstić information content (AvgIpc) is 4.06. The first-order valence-corrected chi connectivity index (χ1v) is 21.3. The summed E-state index contributed by atoms with van der Waals surface area (Å²) < 4.78 is 98.3. The number of halogens is 4. The van der Waals surface area contributed by atoms with E-state index in [-0.39, 0.29) is 43.9 Å². The monoisotopic (exact) mass is 853 g/mol. The zero-order valence-electron chi connectivity index (χ0n) is 33.6. The van der Waals surface area contributed by atoms with Gasteiger partial charge in [-0.3, -0.25) is 24.1 Å². The lowest BCUT2D eigenvalue weighted by molar-refractivity contribution is -0.244. The molecule has 0 unspecified atom stereocenters. The topological polar surface area (TPSA) is 182 Å². The number of allylic oxidation sites excluding steroid dienone is 1. The van der Waals surface area contributed by atoms with Gasteiger partial charge in [0, 0.05) is 17.7 Å². The number of nitrogens with zero attached hydrogens (tertiary/aromatic N) is 2. The van der Waals surface area contributed by atoms with Gasteiger partial charge in [0.2, 0.25) is 27.4 Å². The first kappa shape index (κ1) is 43.9. The van der Waals surface area contributed by atoms with Gasteiger partial charge in [-0.15, -0.1) is 0 Å². The van der Waals surface area contributed by atoms with E-state index in [0.717, 1.165) is 4.90 Å². The summed E-state index contributed by atoms with van der Waals surface area (Å²) in [6.45, 7) is 5.79. The number of hydrogen-bond donors (Lipinski definition) is 3. The number of pyridine rings is 1. The number of sulfonamides is 1. The van der Waals surface area contributed by atoms with Crippen LogP contribution in [0.1, 0.15) is 79.6 Å². The summed E-state index contributed by atoms with van der Waals surface area (Å²) in [5.41, 5.74) is -4.02. The van der Waals surface area contributed by atoms with E-state index in [2.05, 4.69) is 15.6 Å². The highest BCUT2D eigenvalue weighted by molar-refractivity contribution is 7.91. The molecule has 2 aliphatic carbocycles. The molecule has 4 amide bonds. The minimum absolute atomic E-state index is 0.0178. The molecular formula is C40H51F4N5O9S. The molecule has 6 rings (SSSR count). The number of benzene rings is 1. The second-order valence-electron chi connectivity index (χ2n) is 16.8. The first-order valence-electron chi connectivity index (χ1n) is 19.8. The molecule has 1 saturated heterocycles. The summed E-state index contributed by atoms with van der Waals surface area (Å²) in [4.78, 5) is 61.8. The maximum Gasteiger partial charge on any atom is 0.427 e. The zero-order valence-corrected chi connectivity index (χ0v) is 34.4. The van der Waals surface area contributed by atoms with E-state index in [4.69, 9.17) is 14.2 Å². The van der Waals surface area contributed by atoms with Crippen LogP contribution in [0, 0.1) is 17.8 Å². The second kappa shape index (κ2) is 16.4. The Morgan fingerprint density at radius 2 is 1.80 bits per heavy atom. The maximum atomic E-state index is 14.7. The van der Waals surface area contributed by atoms with Crippen LogP contribution in [-0.4, -0.2) is 102 Å². The van der Waals surface area contributed by atoms with Gasteiger partial charge < -0.3 is 29.7 Å². The Kier molecular flexibility index (Phi) is 12.2. The van der Waals surface area contributed by atoms with E-state index >= 15 is 0 Å². The molecule has 0 spiro atoms. The number of fused-ring (bicyclic) bond motifs is 3. The molecule has 19 heteroatoms. The van der Waals surface area contributed by atoms with Crippen LogP contribution in [0.3, 0.4) is 0 Å². The van der Waals surface area contributed by atoms with Crippen LogP contribution in [0.15, 0.2) is 42.6 Å². The third kappa shape index (κ3) is 9.23. The van der Waals surface area contributed by atoms with E-state index in [1.54, 1.807) is 37.3 Å². The molecule has 0 bridgehead atoms. The Balaban J connectivity index is 1.34. The van der Waals surface area contributed by atoms with Gasteiger partial charge in [-0.25, -0.2) is 17.6 Å². The summed E-state index contributed by atoms with van der Waals surface area (Å²) in [5, 5.41) is 5.76. The van der Waals surface area contributed by atoms with Crippen molar-refractivity contribution in [3.05, 3.63) is 42.6 Å². The standard InChI is InChI=1S/C40H51F4N5O9S/c1-6-56-27-11-12-30-25(16-27)17-28(20-45-30)57-29-18-31-33(50)47-39(35(52)48-59(54,55)38(22-41)13-14-38)19-26(39)10-8-7-9-23(2)15-24(3)32(34(51)49(31)21-29)46-36(53)58-37(4,5)40(42,43)44/h8,10-12,16-17,20,23-24,26,29,31-32H,6-7,9,13-15,18-19,21-22H2,1-5H3,(H,46,53)(H,47,50)(H,48,52)/b10-8-/t23-,24-,26-,29-,31+,32+,39-/m1/s1. The van der Waals surface area contributed by atoms with Gasteiger partial charge in [-0.2, -0.15) is 13.2 Å². The maximum absolute atomic E-state index is 14.7. The van der Waals surface area contributed by atoms with E-state index in [1.165, 1.54) is 6.20 Å². The molecule has 2 aromatic rings. The van der Waals surface area contributed by atoms with E-state index in [0.29, 0.717) is 56.4 Å². The van der Waals surface area contributed by atoms with Crippen molar-refractivity contribution >= 4 is 44.7 Å². The molecule has 324 valence electrons. The number of nitrogens with one attached hydrogen (secondary N) is 3. The number of amides is 4. The Hall–Kier alpha value is -4.68. The number of ether oxygens (including phenoxy) is 3. The van der Waals surface area contributed by atoms with Crippen molar-refractivity contribution in [1.82, 2.24) is 25.2 Å².